The molecule has 36 heavy (non-hydrogen) atoms. The third-order valence-electron chi connectivity index (χ3n) is 5.87. The van der Waals surface area contributed by atoms with Crippen molar-refractivity contribution in [3.8, 4) is 17.6 Å². The van der Waals surface area contributed by atoms with Crippen LogP contribution in [0.5, 0.6) is 11.5 Å². The first-order chi connectivity index (χ1) is 17.5. The minimum absolute atomic E-state index is 0.254. The van der Waals surface area contributed by atoms with Gasteiger partial charge in [-0.15, -0.1) is 0 Å². The zero-order valence-corrected chi connectivity index (χ0v) is 21.4. The van der Waals surface area contributed by atoms with Gasteiger partial charge >= 0.3 is 0 Å². The Morgan fingerprint density at radius 1 is 1.17 bits per heavy atom. The number of thiocarbonyl (C=S) groups is 1. The van der Waals surface area contributed by atoms with E-state index in [1.165, 1.54) is 0 Å². The van der Waals surface area contributed by atoms with E-state index in [1.54, 1.807) is 36.4 Å². The van der Waals surface area contributed by atoms with Crippen molar-refractivity contribution in [3.05, 3.63) is 88.4 Å². The van der Waals surface area contributed by atoms with E-state index < -0.39 is 6.29 Å². The molecule has 8 heteroatoms. The molecular weight excluding hydrogens is 494 g/mol. The third kappa shape index (κ3) is 6.14. The van der Waals surface area contributed by atoms with Gasteiger partial charge < -0.3 is 20.1 Å². The summed E-state index contributed by atoms with van der Waals surface area (Å²) in [5.41, 5.74) is 2.73. The summed E-state index contributed by atoms with van der Waals surface area (Å²) >= 11 is 11.7. The Labute approximate surface area is 221 Å². The van der Waals surface area contributed by atoms with Crippen LogP contribution in [0, 0.1) is 11.3 Å². The predicted octanol–water partition coefficient (Wildman–Crippen LogP) is 6.45. The summed E-state index contributed by atoms with van der Waals surface area (Å²) in [6.45, 7) is 2.66. The molecule has 3 aromatic rings. The topological polar surface area (TPSA) is 83.4 Å². The maximum absolute atomic E-state index is 12.8. The summed E-state index contributed by atoms with van der Waals surface area (Å²) in [4.78, 5) is 13.2. The molecule has 6 nitrogen and oxygen atoms in total. The van der Waals surface area contributed by atoms with Crippen molar-refractivity contribution in [2.75, 3.05) is 11.9 Å². The summed E-state index contributed by atoms with van der Waals surface area (Å²) in [5.74, 6) is 0.764. The van der Waals surface area contributed by atoms with E-state index in [2.05, 4.69) is 17.6 Å². The van der Waals surface area contributed by atoms with Crippen molar-refractivity contribution in [2.45, 2.75) is 38.4 Å². The van der Waals surface area contributed by atoms with Gasteiger partial charge in [0.05, 0.1) is 22.5 Å². The SMILES string of the molecule is CCCCC(Oc1ccc(Cl)cc1)Oc1cccc2c1C(C(=S)NC(=O)c1ccc(C#N)cc1)CN2. The number of nitrogens with one attached hydrogen (secondary N) is 2. The number of nitrogens with zero attached hydrogens (tertiary/aromatic N) is 1. The Hall–Kier alpha value is -3.60. The second-order valence-corrected chi connectivity index (χ2v) is 9.30. The number of ether oxygens (including phenoxy) is 2. The van der Waals surface area contributed by atoms with Gasteiger partial charge in [-0.3, -0.25) is 4.79 Å². The van der Waals surface area contributed by atoms with Crippen LogP contribution >= 0.6 is 23.8 Å². The van der Waals surface area contributed by atoms with Gasteiger partial charge in [-0.1, -0.05) is 43.2 Å². The molecule has 0 radical (unpaired) electrons. The number of benzene rings is 3. The molecule has 1 aliphatic rings. The maximum Gasteiger partial charge on any atom is 0.256 e. The van der Waals surface area contributed by atoms with E-state index in [0.29, 0.717) is 45.6 Å². The first kappa shape index (κ1) is 25.5. The van der Waals surface area contributed by atoms with Crippen molar-refractivity contribution in [2.24, 2.45) is 0 Å². The molecule has 2 atom stereocenters. The molecular formula is C28H26ClN3O3S. The minimum Gasteiger partial charge on any atom is -0.455 e. The summed E-state index contributed by atoms with van der Waals surface area (Å²) in [7, 11) is 0. The summed E-state index contributed by atoms with van der Waals surface area (Å²) in [6.07, 6.45) is 2.15. The van der Waals surface area contributed by atoms with Crippen LogP contribution in [0.4, 0.5) is 5.69 Å². The Balaban J connectivity index is 1.51. The van der Waals surface area contributed by atoms with Crippen LogP contribution in [0.25, 0.3) is 0 Å². The lowest BCUT2D eigenvalue weighted by Gasteiger charge is -2.23. The van der Waals surface area contributed by atoms with Crippen LogP contribution in [0.2, 0.25) is 5.02 Å². The van der Waals surface area contributed by atoms with Crippen LogP contribution in [0.15, 0.2) is 66.7 Å². The number of amides is 1. The highest BCUT2D eigenvalue weighted by atomic mass is 35.5. The molecule has 0 spiro atoms. The number of carbonyl (C=O) groups excluding carboxylic acids is 1. The fourth-order valence-electron chi connectivity index (χ4n) is 3.98. The van der Waals surface area contributed by atoms with Crippen molar-refractivity contribution in [3.63, 3.8) is 0 Å². The maximum atomic E-state index is 12.8. The summed E-state index contributed by atoms with van der Waals surface area (Å²) in [5, 5.41) is 15.8. The number of fused-ring (bicyclic) bond motifs is 1. The molecule has 0 fully saturated rings. The highest BCUT2D eigenvalue weighted by Crippen LogP contribution is 2.40. The zero-order valence-electron chi connectivity index (χ0n) is 19.8. The molecule has 2 N–H and O–H groups in total. The Morgan fingerprint density at radius 3 is 2.61 bits per heavy atom. The Kier molecular flexibility index (Phi) is 8.42. The molecule has 0 saturated heterocycles. The lowest BCUT2D eigenvalue weighted by molar-refractivity contribution is -0.00272. The zero-order chi connectivity index (χ0) is 25.5. The normalized spacial score (nSPS) is 14.6. The first-order valence-corrected chi connectivity index (χ1v) is 12.6. The van der Waals surface area contributed by atoms with Crippen LogP contribution in [-0.2, 0) is 0 Å². The smallest absolute Gasteiger partial charge is 0.256 e. The summed E-state index contributed by atoms with van der Waals surface area (Å²) < 4.78 is 12.5. The number of carbonyl (C=O) groups is 1. The molecule has 4 rings (SSSR count). The lowest BCUT2D eigenvalue weighted by atomic mass is 9.99. The van der Waals surface area contributed by atoms with Crippen molar-refractivity contribution >= 4 is 40.4 Å². The van der Waals surface area contributed by atoms with Crippen molar-refractivity contribution in [1.29, 1.82) is 5.26 Å². The third-order valence-corrected chi connectivity index (χ3v) is 6.51. The Morgan fingerprint density at radius 2 is 1.92 bits per heavy atom. The average Bonchev–Trinajstić information content (AvgIpc) is 3.34. The second-order valence-electron chi connectivity index (χ2n) is 8.42. The van der Waals surface area contributed by atoms with E-state index in [4.69, 9.17) is 38.6 Å². The van der Waals surface area contributed by atoms with Gasteiger partial charge in [0.2, 0.25) is 6.29 Å². The molecule has 2 unspecified atom stereocenters. The minimum atomic E-state index is -0.499. The number of unbranched alkanes of at least 4 members (excludes halogenated alkanes) is 1. The van der Waals surface area contributed by atoms with Gasteiger partial charge in [0.15, 0.2) is 0 Å². The molecule has 1 heterocycles. The fourth-order valence-corrected chi connectivity index (χ4v) is 4.40. The molecule has 0 bridgehead atoms. The molecule has 3 aromatic carbocycles. The van der Waals surface area contributed by atoms with Gasteiger partial charge in [-0.05, 0) is 67.1 Å². The van der Waals surface area contributed by atoms with Gasteiger partial charge in [0, 0.05) is 34.8 Å². The number of rotatable bonds is 9. The van der Waals surface area contributed by atoms with Gasteiger partial charge in [-0.2, -0.15) is 5.26 Å². The molecule has 1 amide bonds. The number of halogens is 1. The quantitative estimate of drug-likeness (QED) is 0.249. The van der Waals surface area contributed by atoms with Crippen LogP contribution in [0.1, 0.15) is 53.6 Å². The molecule has 1 aliphatic heterocycles. The number of anilines is 1. The van der Waals surface area contributed by atoms with E-state index in [9.17, 15) is 4.79 Å². The number of hydrogen-bond acceptors (Lipinski definition) is 6. The van der Waals surface area contributed by atoms with E-state index >= 15 is 0 Å². The largest absolute Gasteiger partial charge is 0.455 e. The highest BCUT2D eigenvalue weighted by molar-refractivity contribution is 7.80. The van der Waals surface area contributed by atoms with Crippen LogP contribution in [0.3, 0.4) is 0 Å². The lowest BCUT2D eigenvalue weighted by Crippen LogP contribution is -2.34. The van der Waals surface area contributed by atoms with Gasteiger partial charge in [0.25, 0.3) is 5.91 Å². The number of hydrogen-bond donors (Lipinski definition) is 2. The monoisotopic (exact) mass is 519 g/mol. The molecule has 0 saturated carbocycles. The fraction of sp³-hybridized carbons (Fsp3) is 0.250. The average molecular weight is 520 g/mol. The van der Waals surface area contributed by atoms with E-state index in [-0.39, 0.29) is 11.8 Å². The van der Waals surface area contributed by atoms with Gasteiger partial charge in [0.1, 0.15) is 11.5 Å². The van der Waals surface area contributed by atoms with Crippen LogP contribution in [-0.4, -0.2) is 23.7 Å². The molecule has 0 aromatic heterocycles. The highest BCUT2D eigenvalue weighted by Gasteiger charge is 2.31. The molecule has 184 valence electrons. The van der Waals surface area contributed by atoms with Gasteiger partial charge in [-0.25, -0.2) is 0 Å². The van der Waals surface area contributed by atoms with Crippen molar-refractivity contribution < 1.29 is 14.3 Å². The molecule has 0 aliphatic carbocycles. The van der Waals surface area contributed by atoms with Crippen LogP contribution < -0.4 is 20.1 Å². The van der Waals surface area contributed by atoms with E-state index in [1.807, 2.05) is 36.4 Å². The predicted molar refractivity (Wildman–Crippen MR) is 145 cm³/mol. The first-order valence-electron chi connectivity index (χ1n) is 11.8. The standard InChI is InChI=1S/C28H26ClN3O3S/c1-2-3-7-25(34-21-14-12-20(29)13-15-21)35-24-6-4-5-23-26(24)22(17-31-23)28(36)32-27(33)19-10-8-18(16-30)9-11-19/h4-6,8-15,22,25,31H,2-3,7,17H2,1H3,(H,32,33,36). The van der Waals surface area contributed by atoms with E-state index in [0.717, 1.165) is 24.1 Å². The van der Waals surface area contributed by atoms with Crippen molar-refractivity contribution in [1.82, 2.24) is 5.32 Å². The second kappa shape index (κ2) is 11.9. The number of nitriles is 1. The Bertz CT molecular complexity index is 1270. The summed E-state index contributed by atoms with van der Waals surface area (Å²) in [6, 6.07) is 21.5.